The maximum absolute atomic E-state index is 11.8. The van der Waals surface area contributed by atoms with Crippen LogP contribution in [0.2, 0.25) is 0 Å². The summed E-state index contributed by atoms with van der Waals surface area (Å²) in [4.78, 5) is 11.5. The Morgan fingerprint density at radius 2 is 1.83 bits per heavy atom. The molecule has 1 rings (SSSR count). The Morgan fingerprint density at radius 3 is 2.33 bits per heavy atom. The summed E-state index contributed by atoms with van der Waals surface area (Å²) in [5, 5.41) is 20.9. The van der Waals surface area contributed by atoms with Gasteiger partial charge in [-0.1, -0.05) is 6.07 Å². The van der Waals surface area contributed by atoms with Crippen LogP contribution >= 0.6 is 11.8 Å². The number of hydrogen-bond acceptors (Lipinski definition) is 4. The second kappa shape index (κ2) is 5.85. The van der Waals surface area contributed by atoms with Crippen molar-refractivity contribution in [1.82, 2.24) is 5.32 Å². The van der Waals surface area contributed by atoms with Crippen molar-refractivity contribution in [1.29, 1.82) is 0 Å². The van der Waals surface area contributed by atoms with E-state index >= 15 is 0 Å². The molecule has 100 valence electrons. The topological polar surface area (TPSA) is 69.6 Å². The molecule has 3 N–H and O–H groups in total. The first-order valence-corrected chi connectivity index (χ1v) is 5.79. The second-order valence-electron chi connectivity index (χ2n) is 3.22. The summed E-state index contributed by atoms with van der Waals surface area (Å²) in [5.74, 6) is -2.04. The van der Waals surface area contributed by atoms with Gasteiger partial charge in [0.1, 0.15) is 17.1 Å². The van der Waals surface area contributed by atoms with Gasteiger partial charge in [0.15, 0.2) is 0 Å². The highest BCUT2D eigenvalue weighted by Gasteiger charge is 2.27. The van der Waals surface area contributed by atoms with E-state index in [1.165, 1.54) is 18.2 Å². The van der Waals surface area contributed by atoms with E-state index in [-0.39, 0.29) is 29.6 Å². The number of thioether (sulfide) groups is 1. The van der Waals surface area contributed by atoms with Crippen molar-refractivity contribution in [3.63, 3.8) is 0 Å². The zero-order chi connectivity index (χ0) is 13.8. The van der Waals surface area contributed by atoms with Crippen LogP contribution in [0.15, 0.2) is 18.2 Å². The van der Waals surface area contributed by atoms with Gasteiger partial charge in [-0.05, 0) is 23.9 Å². The van der Waals surface area contributed by atoms with E-state index in [9.17, 15) is 28.2 Å². The summed E-state index contributed by atoms with van der Waals surface area (Å²) < 4.78 is 35.4. The smallest absolute Gasteiger partial charge is 0.441 e. The van der Waals surface area contributed by atoms with Crippen LogP contribution in [0.25, 0.3) is 0 Å². The van der Waals surface area contributed by atoms with Crippen molar-refractivity contribution in [2.45, 2.75) is 5.51 Å². The van der Waals surface area contributed by atoms with Gasteiger partial charge in [-0.25, -0.2) is 0 Å². The largest absolute Gasteiger partial charge is 0.507 e. The Kier molecular flexibility index (Phi) is 4.71. The number of rotatable bonds is 4. The van der Waals surface area contributed by atoms with Gasteiger partial charge in [0.05, 0.1) is 0 Å². The van der Waals surface area contributed by atoms with Gasteiger partial charge in [-0.2, -0.15) is 13.2 Å². The number of amides is 1. The third-order valence-electron chi connectivity index (χ3n) is 1.90. The molecule has 0 radical (unpaired) electrons. The normalized spacial score (nSPS) is 11.3. The van der Waals surface area contributed by atoms with Crippen LogP contribution in [0.5, 0.6) is 11.5 Å². The predicted octanol–water partition coefficient (Wildman–Crippen LogP) is 2.08. The Bertz CT molecular complexity index is 417. The first-order valence-electron chi connectivity index (χ1n) is 4.81. The minimum Gasteiger partial charge on any atom is -0.507 e. The van der Waals surface area contributed by atoms with Crippen molar-refractivity contribution >= 4 is 17.7 Å². The van der Waals surface area contributed by atoms with E-state index in [1.807, 2.05) is 0 Å². The van der Waals surface area contributed by atoms with E-state index in [0.29, 0.717) is 0 Å². The second-order valence-corrected chi connectivity index (χ2v) is 4.38. The number of aromatic hydroxyl groups is 2. The van der Waals surface area contributed by atoms with Gasteiger partial charge in [0.25, 0.3) is 5.91 Å². The Morgan fingerprint density at radius 1 is 1.28 bits per heavy atom. The number of carbonyl (C=O) groups excluding carboxylic acids is 1. The number of phenolic OH excluding ortho intramolecular Hbond substituents is 2. The van der Waals surface area contributed by atoms with Gasteiger partial charge in [-0.15, -0.1) is 0 Å². The first kappa shape index (κ1) is 14.5. The zero-order valence-electron chi connectivity index (χ0n) is 8.99. The van der Waals surface area contributed by atoms with Crippen LogP contribution in [0.1, 0.15) is 10.4 Å². The molecule has 0 bridgehead atoms. The summed E-state index contributed by atoms with van der Waals surface area (Å²) in [6.07, 6.45) is 0. The molecule has 0 aliphatic carbocycles. The highest BCUT2D eigenvalue weighted by Crippen LogP contribution is 2.29. The van der Waals surface area contributed by atoms with Crippen LogP contribution in [0, 0.1) is 0 Å². The predicted molar refractivity (Wildman–Crippen MR) is 60.6 cm³/mol. The van der Waals surface area contributed by atoms with E-state index in [0.717, 1.165) is 0 Å². The summed E-state index contributed by atoms with van der Waals surface area (Å²) >= 11 is -0.261. The van der Waals surface area contributed by atoms with Gasteiger partial charge in [-0.3, -0.25) is 4.79 Å². The number of benzene rings is 1. The highest BCUT2D eigenvalue weighted by atomic mass is 32.2. The molecular formula is C10H10F3NO3S. The number of carbonyl (C=O) groups is 1. The van der Waals surface area contributed by atoms with Crippen molar-refractivity contribution in [2.24, 2.45) is 0 Å². The summed E-state index contributed by atoms with van der Waals surface area (Å²) in [6, 6.07) is 3.72. The molecule has 0 aromatic heterocycles. The monoisotopic (exact) mass is 281 g/mol. The maximum atomic E-state index is 11.8. The lowest BCUT2D eigenvalue weighted by atomic mass is 10.1. The molecular weight excluding hydrogens is 271 g/mol. The number of halogens is 3. The molecule has 0 saturated heterocycles. The van der Waals surface area contributed by atoms with Crippen molar-refractivity contribution in [3.05, 3.63) is 23.8 Å². The van der Waals surface area contributed by atoms with E-state index in [2.05, 4.69) is 5.32 Å². The van der Waals surface area contributed by atoms with Gasteiger partial charge >= 0.3 is 5.51 Å². The van der Waals surface area contributed by atoms with Crippen molar-refractivity contribution < 1.29 is 28.2 Å². The van der Waals surface area contributed by atoms with Crippen LogP contribution in [-0.2, 0) is 0 Å². The number of nitrogens with one attached hydrogen (secondary N) is 1. The fourth-order valence-corrected chi connectivity index (χ4v) is 1.62. The lowest BCUT2D eigenvalue weighted by molar-refractivity contribution is -0.0327. The van der Waals surface area contributed by atoms with Gasteiger partial charge in [0.2, 0.25) is 0 Å². The number of hydrogen-bond donors (Lipinski definition) is 3. The molecule has 1 amide bonds. The Hall–Kier alpha value is -1.57. The summed E-state index contributed by atoms with van der Waals surface area (Å²) in [7, 11) is 0. The van der Waals surface area contributed by atoms with E-state index in [1.54, 1.807) is 0 Å². The molecule has 1 aromatic carbocycles. The minimum absolute atomic E-state index is 0.225. The molecule has 0 spiro atoms. The summed E-state index contributed by atoms with van der Waals surface area (Å²) in [6.45, 7) is -0.225. The van der Waals surface area contributed by atoms with Gasteiger partial charge < -0.3 is 15.5 Å². The lowest BCUT2D eigenvalue weighted by Crippen LogP contribution is -2.26. The van der Waals surface area contributed by atoms with Gasteiger partial charge in [0, 0.05) is 12.3 Å². The molecule has 4 nitrogen and oxygen atoms in total. The van der Waals surface area contributed by atoms with E-state index in [4.69, 9.17) is 0 Å². The molecule has 0 unspecified atom stereocenters. The summed E-state index contributed by atoms with van der Waals surface area (Å²) in [5.41, 5.74) is -4.70. The van der Waals surface area contributed by atoms with Crippen molar-refractivity contribution in [3.8, 4) is 11.5 Å². The fourth-order valence-electron chi connectivity index (χ4n) is 1.18. The molecule has 0 aliphatic rings. The van der Waals surface area contributed by atoms with Crippen LogP contribution in [0.4, 0.5) is 13.2 Å². The first-order chi connectivity index (χ1) is 8.31. The third kappa shape index (κ3) is 4.36. The van der Waals surface area contributed by atoms with Crippen LogP contribution in [-0.4, -0.2) is 33.9 Å². The molecule has 0 heterocycles. The number of phenols is 2. The average Bonchev–Trinajstić information content (AvgIpc) is 2.23. The molecule has 8 heteroatoms. The molecule has 0 saturated carbocycles. The average molecular weight is 281 g/mol. The standard InChI is InChI=1S/C10H10F3NO3S/c11-10(12,13)18-5-4-14-9(17)8-6(15)2-1-3-7(8)16/h1-3,15-16H,4-5H2,(H,14,17). The quantitative estimate of drug-likeness (QED) is 0.739. The molecule has 0 fully saturated rings. The van der Waals surface area contributed by atoms with Crippen LogP contribution in [0.3, 0.4) is 0 Å². The SMILES string of the molecule is O=C(NCCSC(F)(F)F)c1c(O)cccc1O. The Labute approximate surface area is 105 Å². The van der Waals surface area contributed by atoms with Crippen molar-refractivity contribution in [2.75, 3.05) is 12.3 Å². The highest BCUT2D eigenvalue weighted by molar-refractivity contribution is 8.00. The minimum atomic E-state index is -4.35. The van der Waals surface area contributed by atoms with Crippen LogP contribution < -0.4 is 5.32 Å². The maximum Gasteiger partial charge on any atom is 0.441 e. The molecule has 0 atom stereocenters. The molecule has 18 heavy (non-hydrogen) atoms. The molecule has 0 aliphatic heterocycles. The molecule has 1 aromatic rings. The Balaban J connectivity index is 2.51. The fraction of sp³-hybridized carbons (Fsp3) is 0.300. The third-order valence-corrected chi connectivity index (χ3v) is 2.64. The number of alkyl halides is 3. The zero-order valence-corrected chi connectivity index (χ0v) is 9.81. The lowest BCUT2D eigenvalue weighted by Gasteiger charge is -2.09. The van der Waals surface area contributed by atoms with E-state index < -0.39 is 22.9 Å².